The second-order valence-electron chi connectivity index (χ2n) is 10.8. The number of aliphatic hydroxyl groups is 1. The molecule has 1 aromatic rings. The minimum atomic E-state index is -2.70. The van der Waals surface area contributed by atoms with Crippen LogP contribution in [-0.2, 0) is 25.6 Å². The molecule has 1 aliphatic heterocycles. The molecule has 3 aliphatic carbocycles. The van der Waals surface area contributed by atoms with Crippen molar-refractivity contribution in [2.75, 3.05) is 32.1 Å². The van der Waals surface area contributed by atoms with Crippen LogP contribution >= 0.6 is 0 Å². The lowest BCUT2D eigenvalue weighted by molar-refractivity contribution is -0.181. The van der Waals surface area contributed by atoms with Gasteiger partial charge in [-0.05, 0) is 63.7 Å². The minimum Gasteiger partial charge on any atom is -0.505 e. The number of amides is 1. The normalized spacial score (nSPS) is 34.3. The van der Waals surface area contributed by atoms with Crippen LogP contribution in [0.3, 0.4) is 0 Å². The third-order valence-corrected chi connectivity index (χ3v) is 8.61. The number of Topliss-reactive ketones (excluding diaryl/α,β-unsaturated/α-hetero) is 4. The van der Waals surface area contributed by atoms with E-state index in [1.807, 2.05) is 4.90 Å². The maximum Gasteiger partial charge on any atom is 0.235 e. The lowest BCUT2D eigenvalue weighted by atomic mass is 9.52. The van der Waals surface area contributed by atoms with Gasteiger partial charge in [0.25, 0.3) is 0 Å². The molecule has 0 radical (unpaired) electrons. The zero-order valence-corrected chi connectivity index (χ0v) is 20.4. The highest BCUT2D eigenvalue weighted by Crippen LogP contribution is 2.51. The van der Waals surface area contributed by atoms with E-state index in [9.17, 15) is 34.2 Å². The summed E-state index contributed by atoms with van der Waals surface area (Å²) in [5.41, 5.74) is 3.82. The number of hydrogen-bond donors (Lipinski definition) is 3. The number of carbonyl (C=O) groups is 5. The number of carbonyl (C=O) groups excluding carboxylic acids is 5. The summed E-state index contributed by atoms with van der Waals surface area (Å²) in [5, 5.41) is 22.7. The van der Waals surface area contributed by atoms with Gasteiger partial charge in [-0.25, -0.2) is 0 Å². The van der Waals surface area contributed by atoms with Gasteiger partial charge in [-0.3, -0.25) is 28.9 Å². The highest BCUT2D eigenvalue weighted by atomic mass is 16.3. The lowest BCUT2D eigenvalue weighted by Gasteiger charge is -2.52. The van der Waals surface area contributed by atoms with Gasteiger partial charge >= 0.3 is 0 Å². The van der Waals surface area contributed by atoms with E-state index in [0.717, 1.165) is 32.4 Å². The van der Waals surface area contributed by atoms with Crippen molar-refractivity contribution in [2.24, 2.45) is 29.4 Å². The second-order valence-corrected chi connectivity index (χ2v) is 10.8. The Labute approximate surface area is 208 Å². The number of hydrogen-bond acceptors (Lipinski definition) is 9. The molecule has 10 heteroatoms. The van der Waals surface area contributed by atoms with Gasteiger partial charge in [0.05, 0.1) is 23.2 Å². The smallest absolute Gasteiger partial charge is 0.235 e. The Morgan fingerprint density at radius 1 is 1.08 bits per heavy atom. The first-order valence-electron chi connectivity index (χ1n) is 12.4. The number of piperidine rings is 1. The Hall–Kier alpha value is -3.11. The largest absolute Gasteiger partial charge is 0.505 e. The number of anilines is 1. The summed E-state index contributed by atoms with van der Waals surface area (Å²) in [6, 6.07) is 2.49. The van der Waals surface area contributed by atoms with Crippen LogP contribution in [0.2, 0.25) is 0 Å². The topological polar surface area (TPSA) is 158 Å². The SMILES string of the molecule is CN(C)C1C(=O)C(C(N)=O)C(=O)[C@]2(O)C(=O)C3C(=O)c4c(ccc(N5CCCCC5)c4O)C[C@@H]3C[C@H]12. The molecule has 0 spiro atoms. The van der Waals surface area contributed by atoms with Gasteiger partial charge in [-0.15, -0.1) is 0 Å². The number of rotatable bonds is 3. The molecule has 0 bridgehead atoms. The summed E-state index contributed by atoms with van der Waals surface area (Å²) in [4.78, 5) is 69.5. The van der Waals surface area contributed by atoms with Crippen LogP contribution in [0.25, 0.3) is 0 Å². The zero-order chi connectivity index (χ0) is 26.1. The molecular weight excluding hydrogens is 466 g/mol. The van der Waals surface area contributed by atoms with Gasteiger partial charge < -0.3 is 20.8 Å². The van der Waals surface area contributed by atoms with E-state index >= 15 is 0 Å². The molecule has 192 valence electrons. The first-order valence-corrected chi connectivity index (χ1v) is 12.4. The van der Waals surface area contributed by atoms with Crippen molar-refractivity contribution < 1.29 is 34.2 Å². The maximum atomic E-state index is 13.8. The highest BCUT2D eigenvalue weighted by molar-refractivity contribution is 6.32. The molecule has 6 atom stereocenters. The Bertz CT molecular complexity index is 1190. The molecule has 0 aromatic heterocycles. The molecule has 1 aromatic carbocycles. The van der Waals surface area contributed by atoms with Gasteiger partial charge in [-0.2, -0.15) is 0 Å². The number of nitrogens with two attached hydrogens (primary N) is 1. The molecule has 36 heavy (non-hydrogen) atoms. The van der Waals surface area contributed by atoms with Crippen molar-refractivity contribution in [3.8, 4) is 5.75 Å². The molecular formula is C26H31N3O7. The maximum absolute atomic E-state index is 13.8. The predicted molar refractivity (Wildman–Crippen MR) is 127 cm³/mol. The van der Waals surface area contributed by atoms with Crippen molar-refractivity contribution in [1.82, 2.24) is 4.90 Å². The van der Waals surface area contributed by atoms with Crippen LogP contribution in [0.5, 0.6) is 5.75 Å². The Kier molecular flexibility index (Phi) is 5.79. The first kappa shape index (κ1) is 24.6. The molecule has 3 unspecified atom stereocenters. The molecule has 5 rings (SSSR count). The number of ketones is 4. The number of likely N-dealkylation sites (N-methyl/N-ethyl adjacent to an activating group) is 1. The van der Waals surface area contributed by atoms with E-state index in [0.29, 0.717) is 11.3 Å². The standard InChI is InChI=1S/C26H31N3O7/c1-28(2)19-14-11-13-10-12-6-7-15(29-8-4-3-5-9-29)20(30)16(12)21(31)17(13)23(33)26(14,36)24(34)18(22(19)32)25(27)35/h6-7,13-14,17-19,30,36H,3-5,8-11H2,1-2H3,(H2,27,35)/t13-,14-,17?,18?,19?,26-/m1/s1. The summed E-state index contributed by atoms with van der Waals surface area (Å²) >= 11 is 0. The molecule has 2 saturated carbocycles. The average Bonchev–Trinajstić information content (AvgIpc) is 2.81. The number of fused-ring (bicyclic) bond motifs is 3. The van der Waals surface area contributed by atoms with Gasteiger partial charge in [0.2, 0.25) is 5.91 Å². The summed E-state index contributed by atoms with van der Waals surface area (Å²) in [6.07, 6.45) is 3.36. The summed E-state index contributed by atoms with van der Waals surface area (Å²) in [5.74, 6) is -10.1. The van der Waals surface area contributed by atoms with E-state index in [-0.39, 0.29) is 24.2 Å². The van der Waals surface area contributed by atoms with Gasteiger partial charge in [0.1, 0.15) is 5.75 Å². The molecule has 1 saturated heterocycles. The van der Waals surface area contributed by atoms with Crippen LogP contribution in [0, 0.1) is 23.7 Å². The third-order valence-electron chi connectivity index (χ3n) is 8.61. The molecule has 10 nitrogen and oxygen atoms in total. The third kappa shape index (κ3) is 3.27. The van der Waals surface area contributed by atoms with E-state index in [1.165, 1.54) is 4.90 Å². The fourth-order valence-electron chi connectivity index (χ4n) is 6.96. The van der Waals surface area contributed by atoms with E-state index in [4.69, 9.17) is 5.73 Å². The van der Waals surface area contributed by atoms with Crippen molar-refractivity contribution in [2.45, 2.75) is 43.7 Å². The van der Waals surface area contributed by atoms with E-state index < -0.39 is 64.4 Å². The minimum absolute atomic E-state index is 0.0460. The quantitative estimate of drug-likeness (QED) is 0.483. The Morgan fingerprint density at radius 2 is 1.75 bits per heavy atom. The molecule has 1 heterocycles. The Morgan fingerprint density at radius 3 is 2.36 bits per heavy atom. The lowest BCUT2D eigenvalue weighted by Crippen LogP contribution is -2.74. The number of phenols is 1. The number of primary amides is 1. The van der Waals surface area contributed by atoms with Crippen molar-refractivity contribution in [3.63, 3.8) is 0 Å². The number of nitrogens with zero attached hydrogens (tertiary/aromatic N) is 2. The fourth-order valence-corrected chi connectivity index (χ4v) is 6.96. The number of benzene rings is 1. The second kappa shape index (κ2) is 8.48. The summed E-state index contributed by atoms with van der Waals surface area (Å²) in [7, 11) is 3.13. The van der Waals surface area contributed by atoms with Crippen LogP contribution in [-0.4, -0.2) is 83.0 Å². The van der Waals surface area contributed by atoms with Crippen molar-refractivity contribution in [3.05, 3.63) is 23.3 Å². The summed E-state index contributed by atoms with van der Waals surface area (Å²) < 4.78 is 0. The molecule has 4 N–H and O–H groups in total. The van der Waals surface area contributed by atoms with Crippen molar-refractivity contribution in [1.29, 1.82) is 0 Å². The molecule has 3 fully saturated rings. The van der Waals surface area contributed by atoms with Crippen molar-refractivity contribution >= 4 is 34.7 Å². The first-order chi connectivity index (χ1) is 17.0. The number of aromatic hydroxyl groups is 1. The van der Waals surface area contributed by atoms with Gasteiger partial charge in [0, 0.05) is 19.0 Å². The molecule has 1 amide bonds. The Balaban J connectivity index is 1.59. The molecule has 4 aliphatic rings. The van der Waals surface area contributed by atoms with Crippen LogP contribution in [0.1, 0.15) is 41.6 Å². The average molecular weight is 498 g/mol. The van der Waals surface area contributed by atoms with Gasteiger partial charge in [0.15, 0.2) is 34.7 Å². The predicted octanol–water partition coefficient (Wildman–Crippen LogP) is -0.143. The van der Waals surface area contributed by atoms with Crippen LogP contribution < -0.4 is 10.6 Å². The monoisotopic (exact) mass is 497 g/mol. The van der Waals surface area contributed by atoms with E-state index in [2.05, 4.69) is 0 Å². The van der Waals surface area contributed by atoms with E-state index in [1.54, 1.807) is 26.2 Å². The zero-order valence-electron chi connectivity index (χ0n) is 20.4. The van der Waals surface area contributed by atoms with Crippen LogP contribution in [0.15, 0.2) is 12.1 Å². The van der Waals surface area contributed by atoms with Gasteiger partial charge in [-0.1, -0.05) is 6.07 Å². The fraction of sp³-hybridized carbons (Fsp3) is 0.577. The highest BCUT2D eigenvalue weighted by Gasteiger charge is 2.69. The number of phenolic OH excluding ortho intramolecular Hbond substituents is 1. The summed E-state index contributed by atoms with van der Waals surface area (Å²) in [6.45, 7) is 1.49. The van der Waals surface area contributed by atoms with Crippen LogP contribution in [0.4, 0.5) is 5.69 Å².